The third-order valence-corrected chi connectivity index (χ3v) is 5.86. The number of carbonyl (C=O) groups excluding carboxylic acids is 1. The average molecular weight is 412 g/mol. The molecule has 6 nitrogen and oxygen atoms in total. The van der Waals surface area contributed by atoms with Crippen molar-refractivity contribution in [3.63, 3.8) is 0 Å². The fourth-order valence-corrected chi connectivity index (χ4v) is 3.88. The van der Waals surface area contributed by atoms with E-state index < -0.39 is 0 Å². The molecule has 30 heavy (non-hydrogen) atoms. The van der Waals surface area contributed by atoms with Crippen LogP contribution < -0.4 is 14.8 Å². The summed E-state index contributed by atoms with van der Waals surface area (Å²) in [7, 11) is 3.32. The highest BCUT2D eigenvalue weighted by Gasteiger charge is 2.26. The Bertz CT molecular complexity index is 876. The van der Waals surface area contributed by atoms with Crippen molar-refractivity contribution < 1.29 is 14.3 Å². The van der Waals surface area contributed by atoms with Crippen LogP contribution in [0.15, 0.2) is 36.4 Å². The number of piperazine rings is 1. The first-order valence-electron chi connectivity index (χ1n) is 10.5. The molecule has 3 rings (SSSR count). The molecule has 2 aromatic carbocycles. The van der Waals surface area contributed by atoms with Crippen LogP contribution in [0.2, 0.25) is 0 Å². The highest BCUT2D eigenvalue weighted by atomic mass is 16.5. The van der Waals surface area contributed by atoms with E-state index in [0.29, 0.717) is 0 Å². The number of rotatable bonds is 7. The zero-order valence-corrected chi connectivity index (χ0v) is 18.7. The number of nitrogens with one attached hydrogen (secondary N) is 1. The Morgan fingerprint density at radius 1 is 1.03 bits per heavy atom. The Kier molecular flexibility index (Phi) is 7.34. The fraction of sp³-hybridized carbons (Fsp3) is 0.458. The van der Waals surface area contributed by atoms with Crippen molar-refractivity contribution in [2.45, 2.75) is 33.4 Å². The number of hydrogen-bond acceptors (Lipinski definition) is 5. The largest absolute Gasteiger partial charge is 0.493 e. The number of carbonyl (C=O) groups is 1. The van der Waals surface area contributed by atoms with Crippen LogP contribution in [0.25, 0.3) is 0 Å². The molecule has 0 unspecified atom stereocenters. The van der Waals surface area contributed by atoms with Gasteiger partial charge in [0.15, 0.2) is 11.5 Å². The van der Waals surface area contributed by atoms with Gasteiger partial charge in [0, 0.05) is 38.4 Å². The van der Waals surface area contributed by atoms with Crippen molar-refractivity contribution in [3.05, 3.63) is 53.1 Å². The second kappa shape index (κ2) is 9.96. The van der Waals surface area contributed by atoms with Gasteiger partial charge in [0.1, 0.15) is 0 Å². The zero-order chi connectivity index (χ0) is 21.7. The monoisotopic (exact) mass is 411 g/mol. The standard InChI is InChI=1S/C24H33N3O3/c1-17-7-6-8-21(13-17)25-24(28)19(3)27-11-9-26(10-12-27)16-20-15-23(30-5)22(29-4)14-18(20)2/h6-8,13-15,19H,9-12,16H2,1-5H3,(H,25,28)/t19-/m1/s1. The molecule has 1 aliphatic heterocycles. The van der Waals surface area contributed by atoms with Crippen molar-refractivity contribution in [3.8, 4) is 11.5 Å². The second-order valence-electron chi connectivity index (χ2n) is 7.98. The second-order valence-corrected chi connectivity index (χ2v) is 7.98. The fourth-order valence-electron chi connectivity index (χ4n) is 3.88. The van der Waals surface area contributed by atoms with E-state index in [9.17, 15) is 4.79 Å². The van der Waals surface area contributed by atoms with Gasteiger partial charge in [-0.25, -0.2) is 0 Å². The minimum Gasteiger partial charge on any atom is -0.493 e. The number of benzene rings is 2. The molecule has 162 valence electrons. The van der Waals surface area contributed by atoms with Gasteiger partial charge in [-0.15, -0.1) is 0 Å². The molecular weight excluding hydrogens is 378 g/mol. The average Bonchev–Trinajstić information content (AvgIpc) is 2.74. The molecule has 6 heteroatoms. The van der Waals surface area contributed by atoms with E-state index in [-0.39, 0.29) is 11.9 Å². The van der Waals surface area contributed by atoms with Gasteiger partial charge in [-0.2, -0.15) is 0 Å². The van der Waals surface area contributed by atoms with Gasteiger partial charge >= 0.3 is 0 Å². The van der Waals surface area contributed by atoms with E-state index in [4.69, 9.17) is 9.47 Å². The van der Waals surface area contributed by atoms with Crippen molar-refractivity contribution in [1.82, 2.24) is 9.80 Å². The predicted molar refractivity (Wildman–Crippen MR) is 120 cm³/mol. The SMILES string of the molecule is COc1cc(C)c(CN2CCN([C@H](C)C(=O)Nc3cccc(C)c3)CC2)cc1OC. The van der Waals surface area contributed by atoms with E-state index >= 15 is 0 Å². The Labute approximate surface area is 179 Å². The van der Waals surface area contributed by atoms with E-state index in [1.807, 2.05) is 44.2 Å². The van der Waals surface area contributed by atoms with Crippen molar-refractivity contribution in [2.75, 3.05) is 45.7 Å². The Morgan fingerprint density at radius 3 is 2.33 bits per heavy atom. The Hall–Kier alpha value is -2.57. The zero-order valence-electron chi connectivity index (χ0n) is 18.7. The van der Waals surface area contributed by atoms with Crippen molar-refractivity contribution in [1.29, 1.82) is 0 Å². The van der Waals surface area contributed by atoms with Gasteiger partial charge < -0.3 is 14.8 Å². The van der Waals surface area contributed by atoms with Crippen molar-refractivity contribution in [2.24, 2.45) is 0 Å². The van der Waals surface area contributed by atoms with Gasteiger partial charge in [0.2, 0.25) is 5.91 Å². The predicted octanol–water partition coefficient (Wildman–Crippen LogP) is 3.47. The first kappa shape index (κ1) is 22.1. The maximum absolute atomic E-state index is 12.7. The van der Waals surface area contributed by atoms with Crippen LogP contribution in [0.1, 0.15) is 23.6 Å². The molecule has 0 bridgehead atoms. The number of amides is 1. The summed E-state index contributed by atoms with van der Waals surface area (Å²) in [6, 6.07) is 11.9. The lowest BCUT2D eigenvalue weighted by atomic mass is 10.1. The summed E-state index contributed by atoms with van der Waals surface area (Å²) >= 11 is 0. The lowest BCUT2D eigenvalue weighted by Crippen LogP contribution is -2.52. The molecule has 1 fully saturated rings. The van der Waals surface area contributed by atoms with Crippen LogP contribution in [-0.4, -0.2) is 62.1 Å². The van der Waals surface area contributed by atoms with Crippen LogP contribution in [0.3, 0.4) is 0 Å². The Morgan fingerprint density at radius 2 is 1.70 bits per heavy atom. The molecule has 0 aromatic heterocycles. The minimum absolute atomic E-state index is 0.0461. The number of methoxy groups -OCH3 is 2. The van der Waals surface area contributed by atoms with Gasteiger partial charge in [-0.3, -0.25) is 14.6 Å². The molecule has 0 spiro atoms. The van der Waals surface area contributed by atoms with E-state index in [2.05, 4.69) is 28.1 Å². The summed E-state index contributed by atoms with van der Waals surface area (Å²) < 4.78 is 10.8. The summed E-state index contributed by atoms with van der Waals surface area (Å²) in [5.74, 6) is 1.57. The molecule has 1 amide bonds. The number of aryl methyl sites for hydroxylation is 2. The van der Waals surface area contributed by atoms with Gasteiger partial charge in [0.05, 0.1) is 20.3 Å². The molecule has 0 saturated carbocycles. The third kappa shape index (κ3) is 5.32. The summed E-state index contributed by atoms with van der Waals surface area (Å²) in [5, 5.41) is 3.04. The molecule has 1 N–H and O–H groups in total. The minimum atomic E-state index is -0.157. The van der Waals surface area contributed by atoms with E-state index in [0.717, 1.165) is 55.5 Å². The molecule has 1 heterocycles. The van der Waals surface area contributed by atoms with Gasteiger partial charge in [-0.05, 0) is 61.7 Å². The molecule has 1 atom stereocenters. The highest BCUT2D eigenvalue weighted by Crippen LogP contribution is 2.31. The quantitative estimate of drug-likeness (QED) is 0.756. The van der Waals surface area contributed by atoms with Crippen LogP contribution in [-0.2, 0) is 11.3 Å². The lowest BCUT2D eigenvalue weighted by Gasteiger charge is -2.37. The smallest absolute Gasteiger partial charge is 0.241 e. The first-order chi connectivity index (χ1) is 14.4. The molecular formula is C24H33N3O3. The molecule has 0 radical (unpaired) electrons. The van der Waals surface area contributed by atoms with Crippen molar-refractivity contribution >= 4 is 11.6 Å². The highest BCUT2D eigenvalue weighted by molar-refractivity contribution is 5.94. The number of nitrogens with zero attached hydrogens (tertiary/aromatic N) is 2. The van der Waals surface area contributed by atoms with E-state index in [1.54, 1.807) is 14.2 Å². The topological polar surface area (TPSA) is 54.0 Å². The number of hydrogen-bond donors (Lipinski definition) is 1. The Balaban J connectivity index is 1.55. The summed E-state index contributed by atoms with van der Waals surface area (Å²) in [6.07, 6.45) is 0. The summed E-state index contributed by atoms with van der Waals surface area (Å²) in [5.41, 5.74) is 4.43. The molecule has 1 aliphatic rings. The maximum Gasteiger partial charge on any atom is 0.241 e. The molecule has 1 saturated heterocycles. The van der Waals surface area contributed by atoms with Crippen LogP contribution in [0.5, 0.6) is 11.5 Å². The van der Waals surface area contributed by atoms with Gasteiger partial charge in [0.25, 0.3) is 0 Å². The van der Waals surface area contributed by atoms with Crippen LogP contribution in [0, 0.1) is 13.8 Å². The number of ether oxygens (including phenoxy) is 2. The van der Waals surface area contributed by atoms with Crippen LogP contribution >= 0.6 is 0 Å². The third-order valence-electron chi connectivity index (χ3n) is 5.86. The summed E-state index contributed by atoms with van der Waals surface area (Å²) in [6.45, 7) is 10.6. The van der Waals surface area contributed by atoms with E-state index in [1.165, 1.54) is 11.1 Å². The summed E-state index contributed by atoms with van der Waals surface area (Å²) in [4.78, 5) is 17.4. The van der Waals surface area contributed by atoms with Gasteiger partial charge in [-0.1, -0.05) is 12.1 Å². The lowest BCUT2D eigenvalue weighted by molar-refractivity contribution is -0.121. The number of anilines is 1. The molecule has 2 aromatic rings. The van der Waals surface area contributed by atoms with Crippen LogP contribution in [0.4, 0.5) is 5.69 Å². The normalized spacial score (nSPS) is 16.2. The first-order valence-corrected chi connectivity index (χ1v) is 10.5. The maximum atomic E-state index is 12.7. The molecule has 0 aliphatic carbocycles.